The molecule has 0 N–H and O–H groups in total. The number of carbonyl (C=O) groups excluding carboxylic acids is 1. The molecule has 152 valence electrons. The summed E-state index contributed by atoms with van der Waals surface area (Å²) >= 11 is 0. The van der Waals surface area contributed by atoms with E-state index in [0.717, 1.165) is 12.2 Å². The van der Waals surface area contributed by atoms with Gasteiger partial charge in [-0.2, -0.15) is 4.31 Å². The third-order valence-electron chi connectivity index (χ3n) is 4.19. The highest BCUT2D eigenvalue weighted by atomic mass is 32.2. The molecule has 27 heavy (non-hydrogen) atoms. The first-order valence-corrected chi connectivity index (χ1v) is 11.1. The molecular formula is C19H29NO6S. The Bertz CT molecular complexity index is 689. The highest BCUT2D eigenvalue weighted by Crippen LogP contribution is 2.23. The van der Waals surface area contributed by atoms with E-state index in [0.29, 0.717) is 38.2 Å². The Kier molecular flexibility index (Phi) is 8.37. The van der Waals surface area contributed by atoms with Crippen LogP contribution in [0.2, 0.25) is 0 Å². The van der Waals surface area contributed by atoms with Gasteiger partial charge in [0.1, 0.15) is 30.8 Å². The van der Waals surface area contributed by atoms with Crippen molar-refractivity contribution in [3.05, 3.63) is 24.3 Å². The number of hydrogen-bond acceptors (Lipinski definition) is 6. The molecule has 0 spiro atoms. The van der Waals surface area contributed by atoms with Crippen LogP contribution in [0.4, 0.5) is 0 Å². The average molecular weight is 400 g/mol. The number of nitrogens with zero attached hydrogens (tertiary/aromatic N) is 1. The molecule has 0 aliphatic carbocycles. The van der Waals surface area contributed by atoms with Crippen LogP contribution in [0.15, 0.2) is 24.3 Å². The van der Waals surface area contributed by atoms with Gasteiger partial charge in [0.15, 0.2) is 0 Å². The van der Waals surface area contributed by atoms with Gasteiger partial charge in [-0.3, -0.25) is 4.79 Å². The van der Waals surface area contributed by atoms with Crippen molar-refractivity contribution in [3.63, 3.8) is 0 Å². The second-order valence-corrected chi connectivity index (χ2v) is 8.46. The van der Waals surface area contributed by atoms with Gasteiger partial charge in [-0.15, -0.1) is 0 Å². The fourth-order valence-corrected chi connectivity index (χ4v) is 4.67. The van der Waals surface area contributed by atoms with E-state index in [1.165, 1.54) is 4.31 Å². The van der Waals surface area contributed by atoms with Crippen LogP contribution in [0.5, 0.6) is 11.5 Å². The molecule has 0 aromatic heterocycles. The van der Waals surface area contributed by atoms with Crippen LogP contribution >= 0.6 is 0 Å². The fraction of sp³-hybridized carbons (Fsp3) is 0.632. The van der Waals surface area contributed by atoms with Crippen molar-refractivity contribution in [3.8, 4) is 11.5 Å². The first kappa shape index (κ1) is 21.5. The quantitative estimate of drug-likeness (QED) is 0.420. The maximum atomic E-state index is 12.3. The lowest BCUT2D eigenvalue weighted by Crippen LogP contribution is -2.42. The van der Waals surface area contributed by atoms with Gasteiger partial charge < -0.3 is 14.2 Å². The van der Waals surface area contributed by atoms with E-state index in [-0.39, 0.29) is 19.0 Å². The van der Waals surface area contributed by atoms with E-state index < -0.39 is 22.0 Å². The van der Waals surface area contributed by atoms with E-state index >= 15 is 0 Å². The van der Waals surface area contributed by atoms with Crippen molar-refractivity contribution in [2.24, 2.45) is 0 Å². The summed E-state index contributed by atoms with van der Waals surface area (Å²) < 4.78 is 42.0. The van der Waals surface area contributed by atoms with Crippen LogP contribution in [0.25, 0.3) is 0 Å². The average Bonchev–Trinajstić information content (AvgIpc) is 3.15. The molecule has 1 aromatic carbocycles. The van der Waals surface area contributed by atoms with Crippen LogP contribution in [0.3, 0.4) is 0 Å². The maximum Gasteiger partial charge on any atom is 0.324 e. The van der Waals surface area contributed by atoms with Crippen LogP contribution in [0.1, 0.15) is 39.5 Å². The van der Waals surface area contributed by atoms with Gasteiger partial charge in [0.2, 0.25) is 10.0 Å². The minimum absolute atomic E-state index is 0.0534. The summed E-state index contributed by atoms with van der Waals surface area (Å²) in [5.41, 5.74) is 0. The highest BCUT2D eigenvalue weighted by Gasteiger charge is 2.38. The van der Waals surface area contributed by atoms with E-state index in [4.69, 9.17) is 14.2 Å². The number of sulfonamides is 1. The largest absolute Gasteiger partial charge is 0.494 e. The predicted molar refractivity (Wildman–Crippen MR) is 102 cm³/mol. The Morgan fingerprint density at radius 1 is 1.04 bits per heavy atom. The zero-order chi connectivity index (χ0) is 19.7. The third kappa shape index (κ3) is 6.39. The molecule has 1 saturated heterocycles. The Morgan fingerprint density at radius 3 is 2.26 bits per heavy atom. The molecule has 7 nitrogen and oxygen atoms in total. The van der Waals surface area contributed by atoms with E-state index in [9.17, 15) is 13.2 Å². The van der Waals surface area contributed by atoms with Gasteiger partial charge in [-0.05, 0) is 49.9 Å². The summed E-state index contributed by atoms with van der Waals surface area (Å²) in [4.78, 5) is 12.3. The number of esters is 1. The molecular weight excluding hydrogens is 370 g/mol. The Hall–Kier alpha value is -1.80. The van der Waals surface area contributed by atoms with Gasteiger partial charge in [-0.25, -0.2) is 8.42 Å². The molecule has 0 bridgehead atoms. The highest BCUT2D eigenvalue weighted by molar-refractivity contribution is 7.89. The summed E-state index contributed by atoms with van der Waals surface area (Å²) in [7, 11) is -3.40. The van der Waals surface area contributed by atoms with Crippen molar-refractivity contribution in [2.75, 3.05) is 32.1 Å². The molecule has 0 amide bonds. The molecule has 0 saturated carbocycles. The minimum Gasteiger partial charge on any atom is -0.494 e. The van der Waals surface area contributed by atoms with Crippen molar-refractivity contribution in [1.29, 1.82) is 0 Å². The van der Waals surface area contributed by atoms with Crippen LogP contribution in [-0.4, -0.2) is 56.9 Å². The molecule has 1 atom stereocenters. The van der Waals surface area contributed by atoms with Crippen LogP contribution in [0, 0.1) is 0 Å². The lowest BCUT2D eigenvalue weighted by Gasteiger charge is -2.22. The molecule has 1 unspecified atom stereocenters. The second-order valence-electron chi connectivity index (χ2n) is 6.42. The van der Waals surface area contributed by atoms with Crippen molar-refractivity contribution in [2.45, 2.75) is 45.6 Å². The predicted octanol–water partition coefficient (Wildman–Crippen LogP) is 2.60. The summed E-state index contributed by atoms with van der Waals surface area (Å²) in [6.45, 7) is 5.18. The molecule has 1 aliphatic heterocycles. The molecule has 1 aliphatic rings. The van der Waals surface area contributed by atoms with Gasteiger partial charge in [-0.1, -0.05) is 13.8 Å². The normalized spacial score (nSPS) is 17.6. The van der Waals surface area contributed by atoms with Crippen LogP contribution < -0.4 is 9.47 Å². The van der Waals surface area contributed by atoms with Crippen LogP contribution in [-0.2, 0) is 19.6 Å². The second kappa shape index (κ2) is 10.5. The van der Waals surface area contributed by atoms with E-state index in [2.05, 4.69) is 0 Å². The summed E-state index contributed by atoms with van der Waals surface area (Å²) in [6, 6.07) is 6.53. The van der Waals surface area contributed by atoms with Gasteiger partial charge in [0.05, 0.1) is 12.4 Å². The van der Waals surface area contributed by atoms with E-state index in [1.54, 1.807) is 19.1 Å². The van der Waals surface area contributed by atoms with Gasteiger partial charge in [0.25, 0.3) is 0 Å². The van der Waals surface area contributed by atoms with Crippen molar-refractivity contribution in [1.82, 2.24) is 4.31 Å². The first-order valence-electron chi connectivity index (χ1n) is 9.49. The van der Waals surface area contributed by atoms with Gasteiger partial charge >= 0.3 is 5.97 Å². The number of benzene rings is 1. The molecule has 0 radical (unpaired) electrons. The number of carbonyl (C=O) groups is 1. The fourth-order valence-electron chi connectivity index (χ4n) is 2.93. The summed E-state index contributed by atoms with van der Waals surface area (Å²) in [5, 5.41) is 0. The summed E-state index contributed by atoms with van der Waals surface area (Å²) in [5.74, 6) is 0.991. The molecule has 8 heteroatoms. The molecule has 2 rings (SSSR count). The molecule has 1 heterocycles. The number of rotatable bonds is 11. The third-order valence-corrected chi connectivity index (χ3v) is 6.26. The number of ether oxygens (including phenoxy) is 3. The smallest absolute Gasteiger partial charge is 0.324 e. The summed E-state index contributed by atoms with van der Waals surface area (Å²) in [6.07, 6.45) is 2.64. The zero-order valence-electron chi connectivity index (χ0n) is 16.1. The molecule has 1 aromatic rings. The minimum atomic E-state index is -3.40. The number of hydrogen-bond donors (Lipinski definition) is 0. The SMILES string of the molecule is CCCOc1ccc(OCCOC(=O)C2CCCN2S(=O)(=O)CCC)cc1. The zero-order valence-corrected chi connectivity index (χ0v) is 16.9. The Balaban J connectivity index is 1.75. The Labute approximate surface area is 161 Å². The Morgan fingerprint density at radius 2 is 1.67 bits per heavy atom. The topological polar surface area (TPSA) is 82.1 Å². The van der Waals surface area contributed by atoms with Gasteiger partial charge in [0, 0.05) is 6.54 Å². The molecule has 1 fully saturated rings. The van der Waals surface area contributed by atoms with E-state index in [1.807, 2.05) is 19.1 Å². The monoisotopic (exact) mass is 399 g/mol. The lowest BCUT2D eigenvalue weighted by molar-refractivity contribution is -0.148. The maximum absolute atomic E-state index is 12.3. The first-order chi connectivity index (χ1) is 13.0. The van der Waals surface area contributed by atoms with Crippen molar-refractivity contribution >= 4 is 16.0 Å². The standard InChI is InChI=1S/C19H29NO6S/c1-3-12-24-16-7-9-17(10-8-16)25-13-14-26-19(21)18-6-5-11-20(18)27(22,23)15-4-2/h7-10,18H,3-6,11-15H2,1-2H3. The van der Waals surface area contributed by atoms with Crippen molar-refractivity contribution < 1.29 is 27.4 Å². The lowest BCUT2D eigenvalue weighted by atomic mass is 10.2.